The molecule has 0 aliphatic carbocycles. The van der Waals surface area contributed by atoms with Crippen molar-refractivity contribution >= 4 is 44.3 Å². The molecule has 0 saturated heterocycles. The van der Waals surface area contributed by atoms with E-state index in [2.05, 4.69) is 10.3 Å². The number of primary sulfonamides is 1. The number of para-hydroxylation sites is 1. The van der Waals surface area contributed by atoms with E-state index in [1.54, 1.807) is 35.9 Å². The van der Waals surface area contributed by atoms with Crippen LogP contribution in [-0.4, -0.2) is 43.3 Å². The van der Waals surface area contributed by atoms with Crippen LogP contribution in [0.25, 0.3) is 10.9 Å². The Morgan fingerprint density at radius 3 is 2.58 bits per heavy atom. The molecule has 1 amide bonds. The van der Waals surface area contributed by atoms with Crippen molar-refractivity contribution in [2.24, 2.45) is 5.14 Å². The number of carbonyl (C=O) groups excluding carboxylic acids is 1. The summed E-state index contributed by atoms with van der Waals surface area (Å²) in [6.07, 6.45) is 0.632. The van der Waals surface area contributed by atoms with Crippen LogP contribution in [0.5, 0.6) is 0 Å². The van der Waals surface area contributed by atoms with Crippen molar-refractivity contribution in [3.8, 4) is 0 Å². The van der Waals surface area contributed by atoms with Gasteiger partial charge in [0.2, 0.25) is 15.9 Å². The number of sulfonamides is 1. The summed E-state index contributed by atoms with van der Waals surface area (Å²) < 4.78 is 29.3. The lowest BCUT2D eigenvalue weighted by atomic mass is 10.2. The van der Waals surface area contributed by atoms with E-state index < -0.39 is 10.0 Å². The molecule has 164 valence electrons. The third-order valence-electron chi connectivity index (χ3n) is 4.36. The largest absolute Gasteiger partial charge is 0.385 e. The smallest absolute Gasteiger partial charge is 0.262 e. The SMILES string of the molecule is COCCCn1c(SCC(=O)Nc2ccc(S(N)(=O)=O)cc2)nc2ccccc2c1=O. The highest BCUT2D eigenvalue weighted by Gasteiger charge is 2.14. The molecular weight excluding hydrogens is 440 g/mol. The molecular formula is C20H22N4O5S2. The highest BCUT2D eigenvalue weighted by atomic mass is 32.2. The minimum absolute atomic E-state index is 0.0198. The average molecular weight is 463 g/mol. The number of amides is 1. The minimum Gasteiger partial charge on any atom is -0.385 e. The Morgan fingerprint density at radius 2 is 1.90 bits per heavy atom. The number of anilines is 1. The fourth-order valence-electron chi connectivity index (χ4n) is 2.88. The highest BCUT2D eigenvalue weighted by Crippen LogP contribution is 2.19. The van der Waals surface area contributed by atoms with Gasteiger partial charge in [0.15, 0.2) is 5.16 Å². The number of carbonyl (C=O) groups is 1. The maximum atomic E-state index is 12.9. The molecule has 3 aromatic rings. The highest BCUT2D eigenvalue weighted by molar-refractivity contribution is 7.99. The van der Waals surface area contributed by atoms with Gasteiger partial charge in [-0.25, -0.2) is 18.5 Å². The maximum Gasteiger partial charge on any atom is 0.262 e. The van der Waals surface area contributed by atoms with Crippen LogP contribution in [0.15, 0.2) is 63.4 Å². The van der Waals surface area contributed by atoms with Crippen LogP contribution in [0.1, 0.15) is 6.42 Å². The fourth-order valence-corrected chi connectivity index (χ4v) is 4.22. The lowest BCUT2D eigenvalue weighted by molar-refractivity contribution is -0.113. The van der Waals surface area contributed by atoms with Crippen molar-refractivity contribution in [3.63, 3.8) is 0 Å². The average Bonchev–Trinajstić information content (AvgIpc) is 2.74. The first-order valence-electron chi connectivity index (χ1n) is 9.33. The summed E-state index contributed by atoms with van der Waals surface area (Å²) >= 11 is 1.15. The Bertz CT molecular complexity index is 1240. The third kappa shape index (κ3) is 5.91. The van der Waals surface area contributed by atoms with E-state index in [-0.39, 0.29) is 22.1 Å². The number of hydrogen-bond donors (Lipinski definition) is 2. The van der Waals surface area contributed by atoms with Crippen LogP contribution in [0, 0.1) is 0 Å². The molecule has 1 aromatic heterocycles. The van der Waals surface area contributed by atoms with Crippen LogP contribution in [0.3, 0.4) is 0 Å². The van der Waals surface area contributed by atoms with Crippen molar-refractivity contribution in [1.82, 2.24) is 9.55 Å². The van der Waals surface area contributed by atoms with Gasteiger partial charge in [-0.3, -0.25) is 14.2 Å². The lowest BCUT2D eigenvalue weighted by Crippen LogP contribution is -2.25. The lowest BCUT2D eigenvalue weighted by Gasteiger charge is -2.13. The molecule has 0 spiro atoms. The van der Waals surface area contributed by atoms with E-state index in [9.17, 15) is 18.0 Å². The molecule has 3 rings (SSSR count). The number of nitrogens with one attached hydrogen (secondary N) is 1. The molecule has 0 aliphatic heterocycles. The van der Waals surface area contributed by atoms with Crippen LogP contribution in [0.2, 0.25) is 0 Å². The van der Waals surface area contributed by atoms with Gasteiger partial charge in [0.25, 0.3) is 5.56 Å². The van der Waals surface area contributed by atoms with Gasteiger partial charge in [-0.1, -0.05) is 23.9 Å². The molecule has 9 nitrogen and oxygen atoms in total. The summed E-state index contributed by atoms with van der Waals surface area (Å²) in [7, 11) is -2.20. The molecule has 31 heavy (non-hydrogen) atoms. The number of nitrogens with zero attached hydrogens (tertiary/aromatic N) is 2. The van der Waals surface area contributed by atoms with E-state index in [0.29, 0.717) is 41.3 Å². The standard InChI is InChI=1S/C20H22N4O5S2/c1-29-12-4-11-24-19(26)16-5-2-3-6-17(16)23-20(24)30-13-18(25)22-14-7-9-15(10-8-14)31(21,27)28/h2-3,5-10H,4,11-13H2,1H3,(H,22,25)(H2,21,27,28). The molecule has 2 aromatic carbocycles. The van der Waals surface area contributed by atoms with Crippen LogP contribution in [-0.2, 0) is 26.1 Å². The molecule has 0 atom stereocenters. The molecule has 0 unspecified atom stereocenters. The number of methoxy groups -OCH3 is 1. The zero-order chi connectivity index (χ0) is 22.4. The summed E-state index contributed by atoms with van der Waals surface area (Å²) in [6.45, 7) is 0.919. The second-order valence-electron chi connectivity index (χ2n) is 6.62. The van der Waals surface area contributed by atoms with Crippen LogP contribution >= 0.6 is 11.8 Å². The third-order valence-corrected chi connectivity index (χ3v) is 6.26. The van der Waals surface area contributed by atoms with Gasteiger partial charge in [-0.05, 0) is 42.8 Å². The topological polar surface area (TPSA) is 133 Å². The molecule has 1 heterocycles. The number of nitrogens with two attached hydrogens (primary N) is 1. The van der Waals surface area contributed by atoms with Gasteiger partial charge < -0.3 is 10.1 Å². The Balaban J connectivity index is 1.75. The number of benzene rings is 2. The first-order chi connectivity index (χ1) is 14.8. The molecule has 0 aliphatic rings. The van der Waals surface area contributed by atoms with Gasteiger partial charge >= 0.3 is 0 Å². The van der Waals surface area contributed by atoms with E-state index in [1.165, 1.54) is 24.3 Å². The van der Waals surface area contributed by atoms with Gasteiger partial charge in [-0.15, -0.1) is 0 Å². The van der Waals surface area contributed by atoms with Gasteiger partial charge in [0.05, 0.1) is 21.6 Å². The zero-order valence-corrected chi connectivity index (χ0v) is 18.4. The van der Waals surface area contributed by atoms with E-state index in [1.807, 2.05) is 0 Å². The summed E-state index contributed by atoms with van der Waals surface area (Å²) in [5.41, 5.74) is 0.835. The molecule has 3 N–H and O–H groups in total. The van der Waals surface area contributed by atoms with Crippen molar-refractivity contribution in [1.29, 1.82) is 0 Å². The number of hydrogen-bond acceptors (Lipinski definition) is 7. The fraction of sp³-hybridized carbons (Fsp3) is 0.250. The van der Waals surface area contributed by atoms with E-state index >= 15 is 0 Å². The van der Waals surface area contributed by atoms with Crippen LogP contribution < -0.4 is 16.0 Å². The number of aromatic nitrogens is 2. The quantitative estimate of drug-likeness (QED) is 0.281. The predicted octanol–water partition coefficient (Wildman–Crippen LogP) is 1.81. The van der Waals surface area contributed by atoms with Crippen molar-refractivity contribution in [3.05, 3.63) is 58.9 Å². The molecule has 0 saturated carbocycles. The summed E-state index contributed by atoms with van der Waals surface area (Å²) in [4.78, 5) is 29.8. The normalized spacial score (nSPS) is 11.5. The van der Waals surface area contributed by atoms with Crippen LogP contribution in [0.4, 0.5) is 5.69 Å². The summed E-state index contributed by atoms with van der Waals surface area (Å²) in [5.74, 6) is -0.300. The Labute approximate surface area is 183 Å². The first kappa shape index (κ1) is 22.9. The van der Waals surface area contributed by atoms with Gasteiger partial charge in [0, 0.05) is 25.9 Å². The number of rotatable bonds is 9. The van der Waals surface area contributed by atoms with Gasteiger partial charge in [0.1, 0.15) is 0 Å². The second kappa shape index (κ2) is 10.1. The maximum absolute atomic E-state index is 12.9. The second-order valence-corrected chi connectivity index (χ2v) is 9.12. The molecule has 11 heteroatoms. The van der Waals surface area contributed by atoms with Crippen molar-refractivity contribution < 1.29 is 17.9 Å². The van der Waals surface area contributed by atoms with E-state index in [0.717, 1.165) is 11.8 Å². The Kier molecular flexibility index (Phi) is 7.44. The summed E-state index contributed by atoms with van der Waals surface area (Å²) in [6, 6.07) is 12.6. The van der Waals surface area contributed by atoms with Crippen molar-refractivity contribution in [2.45, 2.75) is 23.0 Å². The summed E-state index contributed by atoms with van der Waals surface area (Å²) in [5, 5.41) is 8.71. The zero-order valence-electron chi connectivity index (χ0n) is 16.8. The minimum atomic E-state index is -3.80. The first-order valence-corrected chi connectivity index (χ1v) is 11.9. The van der Waals surface area contributed by atoms with Crippen molar-refractivity contribution in [2.75, 3.05) is 24.8 Å². The number of thioether (sulfide) groups is 1. The van der Waals surface area contributed by atoms with Gasteiger partial charge in [-0.2, -0.15) is 0 Å². The predicted molar refractivity (Wildman–Crippen MR) is 120 cm³/mol. The number of fused-ring (bicyclic) bond motifs is 1. The molecule has 0 bridgehead atoms. The molecule has 0 radical (unpaired) electrons. The monoisotopic (exact) mass is 462 g/mol. The number of ether oxygens (including phenoxy) is 1. The Hall–Kier alpha value is -2.73. The molecule has 0 fully saturated rings. The Morgan fingerprint density at radius 1 is 1.19 bits per heavy atom. The van der Waals surface area contributed by atoms with E-state index in [4.69, 9.17) is 9.88 Å².